The van der Waals surface area contributed by atoms with Crippen molar-refractivity contribution in [2.24, 2.45) is 0 Å². The van der Waals surface area contributed by atoms with Crippen LogP contribution in [-0.2, 0) is 11.3 Å². The summed E-state index contributed by atoms with van der Waals surface area (Å²) in [7, 11) is 1.70. The average Bonchev–Trinajstić information content (AvgIpc) is 2.87. The van der Waals surface area contributed by atoms with Gasteiger partial charge in [0.2, 0.25) is 0 Å². The quantitative estimate of drug-likeness (QED) is 0.892. The summed E-state index contributed by atoms with van der Waals surface area (Å²) >= 11 is 5.16. The number of anilines is 1. The second-order valence-electron chi connectivity index (χ2n) is 3.98. The predicted octanol–water partition coefficient (Wildman–Crippen LogP) is 4.23. The number of hydrogen-bond donors (Lipinski definition) is 1. The first-order chi connectivity index (χ1) is 8.72. The van der Waals surface area contributed by atoms with Gasteiger partial charge in [0.25, 0.3) is 0 Å². The molecule has 2 aromatic rings. The lowest BCUT2D eigenvalue weighted by Gasteiger charge is -2.17. The zero-order valence-corrected chi connectivity index (χ0v) is 12.7. The Morgan fingerprint density at radius 1 is 1.50 bits per heavy atom. The minimum atomic E-state index is 0.182. The van der Waals surface area contributed by atoms with Gasteiger partial charge in [0.1, 0.15) is 0 Å². The van der Waals surface area contributed by atoms with E-state index in [9.17, 15) is 0 Å². The molecule has 0 aliphatic heterocycles. The summed E-state index contributed by atoms with van der Waals surface area (Å²) in [4.78, 5) is 4.32. The normalized spacial score (nSPS) is 12.4. The molecule has 0 spiro atoms. The Bertz CT molecular complexity index is 502. The van der Waals surface area contributed by atoms with Gasteiger partial charge in [-0.05, 0) is 19.1 Å². The van der Waals surface area contributed by atoms with E-state index in [-0.39, 0.29) is 6.04 Å². The van der Waals surface area contributed by atoms with Crippen molar-refractivity contribution in [2.45, 2.75) is 19.6 Å². The van der Waals surface area contributed by atoms with Gasteiger partial charge in [-0.15, -0.1) is 11.3 Å². The van der Waals surface area contributed by atoms with E-state index in [0.29, 0.717) is 6.61 Å². The molecular formula is C13H15BrN2OS. The molecule has 3 nitrogen and oxygen atoms in total. The van der Waals surface area contributed by atoms with Crippen LogP contribution in [-0.4, -0.2) is 12.1 Å². The topological polar surface area (TPSA) is 34.1 Å². The van der Waals surface area contributed by atoms with Crippen LogP contribution in [0.15, 0.2) is 33.6 Å². The van der Waals surface area contributed by atoms with E-state index in [4.69, 9.17) is 4.74 Å². The number of rotatable bonds is 5. The standard InChI is InChI=1S/C13H15BrN2OS/c1-9(13-7-18-8-15-13)16-12-5-3-4-11(14)10(12)6-17-2/h3-5,7-9,16H,6H2,1-2H3. The lowest BCUT2D eigenvalue weighted by atomic mass is 10.1. The van der Waals surface area contributed by atoms with Crippen LogP contribution >= 0.6 is 27.3 Å². The maximum absolute atomic E-state index is 5.24. The van der Waals surface area contributed by atoms with Crippen LogP contribution in [0.4, 0.5) is 5.69 Å². The zero-order chi connectivity index (χ0) is 13.0. The fourth-order valence-electron chi connectivity index (χ4n) is 1.73. The maximum atomic E-state index is 5.24. The van der Waals surface area contributed by atoms with Gasteiger partial charge in [-0.25, -0.2) is 4.98 Å². The van der Waals surface area contributed by atoms with E-state index >= 15 is 0 Å². The van der Waals surface area contributed by atoms with E-state index in [0.717, 1.165) is 21.4 Å². The highest BCUT2D eigenvalue weighted by atomic mass is 79.9. The third kappa shape index (κ3) is 3.10. The molecule has 1 N–H and O–H groups in total. The van der Waals surface area contributed by atoms with Gasteiger partial charge >= 0.3 is 0 Å². The summed E-state index contributed by atoms with van der Waals surface area (Å²) in [5.41, 5.74) is 5.11. The lowest BCUT2D eigenvalue weighted by molar-refractivity contribution is 0.185. The summed E-state index contributed by atoms with van der Waals surface area (Å²) in [6, 6.07) is 6.27. The van der Waals surface area contributed by atoms with Gasteiger partial charge in [0.15, 0.2) is 0 Å². The van der Waals surface area contributed by atoms with Gasteiger partial charge in [0, 0.05) is 28.2 Å². The highest BCUT2D eigenvalue weighted by Gasteiger charge is 2.11. The van der Waals surface area contributed by atoms with Crippen molar-refractivity contribution < 1.29 is 4.74 Å². The van der Waals surface area contributed by atoms with Gasteiger partial charge in [-0.1, -0.05) is 22.0 Å². The third-order valence-electron chi connectivity index (χ3n) is 2.67. The summed E-state index contributed by atoms with van der Waals surface area (Å²) in [5, 5.41) is 5.53. The molecule has 0 aliphatic rings. The van der Waals surface area contributed by atoms with E-state index in [1.54, 1.807) is 18.4 Å². The van der Waals surface area contributed by atoms with Crippen molar-refractivity contribution in [3.63, 3.8) is 0 Å². The Kier molecular flexibility index (Phi) is 4.74. The number of ether oxygens (including phenoxy) is 1. The molecule has 1 atom stereocenters. The molecule has 0 amide bonds. The number of benzene rings is 1. The van der Waals surface area contributed by atoms with Crippen LogP contribution in [0.2, 0.25) is 0 Å². The highest BCUT2D eigenvalue weighted by molar-refractivity contribution is 9.10. The molecule has 1 unspecified atom stereocenters. The molecule has 18 heavy (non-hydrogen) atoms. The monoisotopic (exact) mass is 326 g/mol. The van der Waals surface area contributed by atoms with Gasteiger partial charge in [-0.3, -0.25) is 0 Å². The average molecular weight is 327 g/mol. The molecule has 2 rings (SSSR count). The van der Waals surface area contributed by atoms with Crippen molar-refractivity contribution in [1.29, 1.82) is 0 Å². The van der Waals surface area contributed by atoms with Crippen LogP contribution in [0.25, 0.3) is 0 Å². The maximum Gasteiger partial charge on any atom is 0.0795 e. The first kappa shape index (κ1) is 13.5. The van der Waals surface area contributed by atoms with Crippen LogP contribution in [0.1, 0.15) is 24.2 Å². The van der Waals surface area contributed by atoms with E-state index in [1.165, 1.54) is 0 Å². The smallest absolute Gasteiger partial charge is 0.0795 e. The van der Waals surface area contributed by atoms with Gasteiger partial charge in [-0.2, -0.15) is 0 Å². The summed E-state index contributed by atoms with van der Waals surface area (Å²) in [5.74, 6) is 0. The number of methoxy groups -OCH3 is 1. The summed E-state index contributed by atoms with van der Waals surface area (Å²) in [6.07, 6.45) is 0. The fraction of sp³-hybridized carbons (Fsp3) is 0.308. The molecule has 1 aromatic heterocycles. The Morgan fingerprint density at radius 3 is 3.00 bits per heavy atom. The fourth-order valence-corrected chi connectivity index (χ4v) is 2.86. The van der Waals surface area contributed by atoms with Crippen LogP contribution < -0.4 is 5.32 Å². The van der Waals surface area contributed by atoms with E-state index in [1.807, 2.05) is 17.6 Å². The van der Waals surface area contributed by atoms with Crippen LogP contribution in [0.3, 0.4) is 0 Å². The number of hydrogen-bond acceptors (Lipinski definition) is 4. The first-order valence-electron chi connectivity index (χ1n) is 5.63. The first-order valence-corrected chi connectivity index (χ1v) is 7.37. The Balaban J connectivity index is 2.20. The second-order valence-corrected chi connectivity index (χ2v) is 5.55. The number of aromatic nitrogens is 1. The highest BCUT2D eigenvalue weighted by Crippen LogP contribution is 2.28. The Labute approximate surface area is 119 Å². The van der Waals surface area contributed by atoms with Gasteiger partial charge < -0.3 is 10.1 Å². The molecule has 0 fully saturated rings. The van der Waals surface area contributed by atoms with Crippen molar-refractivity contribution in [1.82, 2.24) is 4.98 Å². The Morgan fingerprint density at radius 2 is 2.33 bits per heavy atom. The number of thiazole rings is 1. The SMILES string of the molecule is COCc1c(Br)cccc1NC(C)c1cscn1. The minimum absolute atomic E-state index is 0.182. The minimum Gasteiger partial charge on any atom is -0.380 e. The molecule has 1 aromatic carbocycles. The Hall–Kier alpha value is -0.910. The van der Waals surface area contributed by atoms with Crippen LogP contribution in [0.5, 0.6) is 0 Å². The molecule has 0 bridgehead atoms. The summed E-state index contributed by atoms with van der Waals surface area (Å²) in [6.45, 7) is 2.68. The molecule has 0 saturated heterocycles. The molecule has 0 radical (unpaired) electrons. The van der Waals surface area contributed by atoms with Gasteiger partial charge in [0.05, 0.1) is 23.9 Å². The van der Waals surface area contributed by atoms with E-state index < -0.39 is 0 Å². The van der Waals surface area contributed by atoms with Crippen molar-refractivity contribution >= 4 is 33.0 Å². The van der Waals surface area contributed by atoms with Crippen molar-refractivity contribution in [3.05, 3.63) is 44.8 Å². The largest absolute Gasteiger partial charge is 0.380 e. The number of halogens is 1. The number of nitrogens with one attached hydrogen (secondary N) is 1. The molecule has 0 saturated carbocycles. The molecule has 0 aliphatic carbocycles. The number of nitrogens with zero attached hydrogens (tertiary/aromatic N) is 1. The van der Waals surface area contributed by atoms with E-state index in [2.05, 4.69) is 44.6 Å². The van der Waals surface area contributed by atoms with Crippen molar-refractivity contribution in [2.75, 3.05) is 12.4 Å². The van der Waals surface area contributed by atoms with Crippen molar-refractivity contribution in [3.8, 4) is 0 Å². The lowest BCUT2D eigenvalue weighted by Crippen LogP contribution is -2.09. The molecule has 1 heterocycles. The zero-order valence-electron chi connectivity index (χ0n) is 10.3. The second kappa shape index (κ2) is 6.31. The molecule has 5 heteroatoms. The predicted molar refractivity (Wildman–Crippen MR) is 79.0 cm³/mol. The molecular weight excluding hydrogens is 312 g/mol. The summed E-state index contributed by atoms with van der Waals surface area (Å²) < 4.78 is 6.29. The van der Waals surface area contributed by atoms with Crippen LogP contribution in [0, 0.1) is 0 Å². The molecule has 96 valence electrons. The third-order valence-corrected chi connectivity index (χ3v) is 4.02.